The lowest BCUT2D eigenvalue weighted by atomic mass is 9.96. The van der Waals surface area contributed by atoms with Gasteiger partial charge in [-0.15, -0.1) is 0 Å². The fourth-order valence-electron chi connectivity index (χ4n) is 3.85. The summed E-state index contributed by atoms with van der Waals surface area (Å²) in [6.07, 6.45) is 0. The topological polar surface area (TPSA) is 152 Å². The average molecular weight is 547 g/mol. The van der Waals surface area contributed by atoms with Crippen LogP contribution in [0.15, 0.2) is 62.6 Å². The zero-order valence-electron chi connectivity index (χ0n) is 19.2. The van der Waals surface area contributed by atoms with Gasteiger partial charge in [-0.3, -0.25) is 14.3 Å². The number of pyridine rings is 1. The maximum atomic E-state index is 12.8. The predicted molar refractivity (Wildman–Crippen MR) is 136 cm³/mol. The highest BCUT2D eigenvalue weighted by atomic mass is 79.9. The minimum Gasteiger partial charge on any atom is -0.493 e. The van der Waals surface area contributed by atoms with E-state index in [1.165, 1.54) is 11.8 Å². The Hall–Kier alpha value is -4.74. The fourth-order valence-corrected chi connectivity index (χ4v) is 4.39. The molecule has 0 saturated carbocycles. The van der Waals surface area contributed by atoms with Gasteiger partial charge in [0.25, 0.3) is 11.1 Å². The Morgan fingerprint density at radius 2 is 1.75 bits per heavy atom. The van der Waals surface area contributed by atoms with Crippen LogP contribution in [0.3, 0.4) is 0 Å². The molecule has 0 amide bonds. The molecule has 0 aliphatic rings. The number of nitrogens with zero attached hydrogens (tertiary/aromatic N) is 4. The van der Waals surface area contributed by atoms with E-state index in [1.54, 1.807) is 29.9 Å². The number of methoxy groups -OCH3 is 1. The highest BCUT2D eigenvalue weighted by molar-refractivity contribution is 9.10. The number of aromatic nitrogens is 3. The van der Waals surface area contributed by atoms with Gasteiger partial charge in [0.1, 0.15) is 40.2 Å². The quantitative estimate of drug-likeness (QED) is 0.376. The van der Waals surface area contributed by atoms with Crippen molar-refractivity contribution in [3.63, 3.8) is 0 Å². The molecule has 0 spiro atoms. The second-order valence-corrected chi connectivity index (χ2v) is 8.40. The van der Waals surface area contributed by atoms with Crippen LogP contribution in [-0.4, -0.2) is 21.5 Å². The number of nitrogen functional groups attached to an aromatic ring is 1. The number of nitrogens with two attached hydrogens (primary N) is 1. The molecule has 0 saturated heterocycles. The van der Waals surface area contributed by atoms with Gasteiger partial charge in [-0.1, -0.05) is 24.3 Å². The number of ether oxygens (including phenoxy) is 2. The van der Waals surface area contributed by atoms with Crippen molar-refractivity contribution in [3.05, 3.63) is 90.5 Å². The molecule has 2 heterocycles. The zero-order chi connectivity index (χ0) is 26.0. The standard InChI is InChI=1S/C25H19BrN6O4/c1-31-18(22(26)25(34)32(31)15-6-4-3-5-7-15)13-36-19-9-8-14(10-20(19)35-2)21-16(11-27)23(29)30-24(33)17(21)12-28/h3-10H,13H2,1-2H3,(H3,29,30,33). The predicted octanol–water partition coefficient (Wildman–Crippen LogP) is 3.21. The third-order valence-corrected chi connectivity index (χ3v) is 6.41. The Morgan fingerprint density at radius 1 is 1.06 bits per heavy atom. The molecule has 3 N–H and O–H groups in total. The van der Waals surface area contributed by atoms with Gasteiger partial charge < -0.3 is 20.2 Å². The molecule has 0 aliphatic heterocycles. The maximum absolute atomic E-state index is 12.8. The SMILES string of the molecule is COc1cc(-c2c(C#N)c(N)[nH]c(=O)c2C#N)ccc1OCc1c(Br)c(=O)n(-c2ccccc2)n1C. The Kier molecular flexibility index (Phi) is 6.68. The summed E-state index contributed by atoms with van der Waals surface area (Å²) in [7, 11) is 3.19. The van der Waals surface area contributed by atoms with E-state index in [-0.39, 0.29) is 34.7 Å². The Balaban J connectivity index is 1.72. The van der Waals surface area contributed by atoms with Crippen molar-refractivity contribution >= 4 is 21.7 Å². The summed E-state index contributed by atoms with van der Waals surface area (Å²) in [4.78, 5) is 27.4. The van der Waals surface area contributed by atoms with E-state index in [0.717, 1.165) is 0 Å². The summed E-state index contributed by atoms with van der Waals surface area (Å²) in [5, 5.41) is 19.1. The summed E-state index contributed by atoms with van der Waals surface area (Å²) in [5.74, 6) is 0.509. The smallest absolute Gasteiger partial charge is 0.286 e. The Morgan fingerprint density at radius 3 is 2.39 bits per heavy atom. The first kappa shape index (κ1) is 24.4. The van der Waals surface area contributed by atoms with Crippen molar-refractivity contribution in [3.8, 4) is 40.5 Å². The molecule has 10 nitrogen and oxygen atoms in total. The van der Waals surface area contributed by atoms with Crippen LogP contribution in [0.4, 0.5) is 5.82 Å². The lowest BCUT2D eigenvalue weighted by Gasteiger charge is -2.15. The molecule has 0 bridgehead atoms. The summed E-state index contributed by atoms with van der Waals surface area (Å²) >= 11 is 3.37. The van der Waals surface area contributed by atoms with Crippen LogP contribution in [0.1, 0.15) is 16.8 Å². The number of H-pyrrole nitrogens is 1. The van der Waals surface area contributed by atoms with Gasteiger partial charge in [-0.05, 0) is 45.8 Å². The van der Waals surface area contributed by atoms with Gasteiger partial charge >= 0.3 is 0 Å². The molecule has 11 heteroatoms. The number of nitrogens with one attached hydrogen (secondary N) is 1. The number of benzene rings is 2. The number of aromatic amines is 1. The van der Waals surface area contributed by atoms with Crippen molar-refractivity contribution in [1.29, 1.82) is 10.5 Å². The van der Waals surface area contributed by atoms with Crippen LogP contribution in [-0.2, 0) is 13.7 Å². The van der Waals surface area contributed by atoms with E-state index in [2.05, 4.69) is 20.9 Å². The molecule has 180 valence electrons. The molecule has 4 rings (SSSR count). The third kappa shape index (κ3) is 4.13. The second kappa shape index (κ2) is 9.86. The first-order chi connectivity index (χ1) is 17.3. The van der Waals surface area contributed by atoms with Crippen molar-refractivity contribution in [2.45, 2.75) is 6.61 Å². The van der Waals surface area contributed by atoms with Gasteiger partial charge in [-0.25, -0.2) is 4.68 Å². The third-order valence-electron chi connectivity index (χ3n) is 5.61. The first-order valence-electron chi connectivity index (χ1n) is 10.5. The van der Waals surface area contributed by atoms with Crippen molar-refractivity contribution in [2.75, 3.05) is 12.8 Å². The van der Waals surface area contributed by atoms with Gasteiger partial charge in [0.05, 0.1) is 18.5 Å². The van der Waals surface area contributed by atoms with Crippen LogP contribution < -0.4 is 26.3 Å². The molecule has 2 aromatic heterocycles. The molecule has 0 aliphatic carbocycles. The number of rotatable bonds is 6. The van der Waals surface area contributed by atoms with Gasteiger partial charge in [0.2, 0.25) is 0 Å². The van der Waals surface area contributed by atoms with Gasteiger partial charge in [-0.2, -0.15) is 10.5 Å². The average Bonchev–Trinajstić information content (AvgIpc) is 3.10. The first-order valence-corrected chi connectivity index (χ1v) is 11.3. The van der Waals surface area contributed by atoms with E-state index in [0.29, 0.717) is 32.9 Å². The van der Waals surface area contributed by atoms with Crippen LogP contribution in [0.25, 0.3) is 16.8 Å². The zero-order valence-corrected chi connectivity index (χ0v) is 20.8. The summed E-state index contributed by atoms with van der Waals surface area (Å²) in [6, 6.07) is 17.7. The highest BCUT2D eigenvalue weighted by Gasteiger charge is 2.21. The molecule has 0 unspecified atom stereocenters. The number of anilines is 1. The number of para-hydroxylation sites is 1. The largest absolute Gasteiger partial charge is 0.493 e. The lowest BCUT2D eigenvalue weighted by molar-refractivity contribution is 0.274. The van der Waals surface area contributed by atoms with E-state index in [1.807, 2.05) is 42.5 Å². The monoisotopic (exact) mass is 546 g/mol. The normalized spacial score (nSPS) is 10.5. The number of nitriles is 2. The second-order valence-electron chi connectivity index (χ2n) is 7.61. The van der Waals surface area contributed by atoms with Crippen LogP contribution in [0.2, 0.25) is 0 Å². The number of hydrogen-bond acceptors (Lipinski definition) is 7. The van der Waals surface area contributed by atoms with Crippen LogP contribution in [0, 0.1) is 22.7 Å². The molecular weight excluding hydrogens is 528 g/mol. The molecule has 0 radical (unpaired) electrons. The Labute approximate surface area is 213 Å². The minimum atomic E-state index is -0.697. The number of hydrogen-bond donors (Lipinski definition) is 2. The molecule has 4 aromatic rings. The van der Waals surface area contributed by atoms with Gasteiger partial charge in [0.15, 0.2) is 11.5 Å². The molecule has 0 atom stereocenters. The fraction of sp³-hybridized carbons (Fsp3) is 0.120. The number of halogens is 1. The summed E-state index contributed by atoms with van der Waals surface area (Å²) in [5.41, 5.74) is 6.41. The summed E-state index contributed by atoms with van der Waals surface area (Å²) in [6.45, 7) is 0.0344. The Bertz CT molecular complexity index is 1670. The van der Waals surface area contributed by atoms with Crippen molar-refractivity contribution < 1.29 is 9.47 Å². The van der Waals surface area contributed by atoms with E-state index in [4.69, 9.17) is 15.2 Å². The van der Waals surface area contributed by atoms with Gasteiger partial charge in [0, 0.05) is 12.6 Å². The maximum Gasteiger partial charge on any atom is 0.286 e. The molecule has 36 heavy (non-hydrogen) atoms. The summed E-state index contributed by atoms with van der Waals surface area (Å²) < 4.78 is 15.0. The molecule has 0 fully saturated rings. The van der Waals surface area contributed by atoms with Crippen molar-refractivity contribution in [2.24, 2.45) is 7.05 Å². The van der Waals surface area contributed by atoms with Crippen molar-refractivity contribution in [1.82, 2.24) is 14.3 Å². The lowest BCUT2D eigenvalue weighted by Crippen LogP contribution is -2.19. The minimum absolute atomic E-state index is 0.0250. The van der Waals surface area contributed by atoms with E-state index < -0.39 is 5.56 Å². The van der Waals surface area contributed by atoms with E-state index >= 15 is 0 Å². The van der Waals surface area contributed by atoms with E-state index in [9.17, 15) is 20.1 Å². The highest BCUT2D eigenvalue weighted by Crippen LogP contribution is 2.36. The van der Waals surface area contributed by atoms with Crippen LogP contribution in [0.5, 0.6) is 11.5 Å². The molecule has 2 aromatic carbocycles. The van der Waals surface area contributed by atoms with Crippen LogP contribution >= 0.6 is 15.9 Å². The molecular formula is C25H19BrN6O4.